The molecular weight excluding hydrogens is 420 g/mol. The summed E-state index contributed by atoms with van der Waals surface area (Å²) in [6.45, 7) is 1.67. The summed E-state index contributed by atoms with van der Waals surface area (Å²) in [6.07, 6.45) is 4.99. The molecule has 5 rings (SSSR count). The van der Waals surface area contributed by atoms with Gasteiger partial charge >= 0.3 is 0 Å². The lowest BCUT2D eigenvalue weighted by atomic mass is 10.1. The second-order valence-electron chi connectivity index (χ2n) is 7.53. The number of hydrogen-bond acceptors (Lipinski definition) is 5. The van der Waals surface area contributed by atoms with Gasteiger partial charge in [0.25, 0.3) is 0 Å². The summed E-state index contributed by atoms with van der Waals surface area (Å²) < 4.78 is 16.6. The van der Waals surface area contributed by atoms with Gasteiger partial charge in [0.1, 0.15) is 24.7 Å². The zero-order valence-corrected chi connectivity index (χ0v) is 18.7. The molecule has 0 aliphatic heterocycles. The summed E-state index contributed by atoms with van der Waals surface area (Å²) in [5.41, 5.74) is 6.98. The van der Waals surface area contributed by atoms with Crippen molar-refractivity contribution in [2.24, 2.45) is 0 Å². The lowest BCUT2D eigenvalue weighted by Gasteiger charge is -2.07. The van der Waals surface area contributed by atoms with Gasteiger partial charge in [-0.1, -0.05) is 18.2 Å². The summed E-state index contributed by atoms with van der Waals surface area (Å²) in [7, 11) is 1.68. The van der Waals surface area contributed by atoms with Gasteiger partial charge in [0.2, 0.25) is 0 Å². The zero-order valence-electron chi connectivity index (χ0n) is 17.8. The summed E-state index contributed by atoms with van der Waals surface area (Å²) in [5, 5.41) is 10.0. The Balaban J connectivity index is 1.26. The normalized spacial score (nSPS) is 12.2. The van der Waals surface area contributed by atoms with E-state index in [2.05, 4.69) is 39.9 Å². The minimum Gasteiger partial charge on any atom is -0.491 e. The van der Waals surface area contributed by atoms with Crippen LogP contribution in [0.2, 0.25) is 0 Å². The Morgan fingerprint density at radius 3 is 2.81 bits per heavy atom. The Hall–Kier alpha value is -3.35. The van der Waals surface area contributed by atoms with E-state index in [1.165, 1.54) is 21.6 Å². The van der Waals surface area contributed by atoms with Gasteiger partial charge in [0.15, 0.2) is 0 Å². The monoisotopic (exact) mass is 444 g/mol. The highest BCUT2D eigenvalue weighted by Gasteiger charge is 2.25. The number of hydrogen-bond donors (Lipinski definition) is 1. The highest BCUT2D eigenvalue weighted by molar-refractivity contribution is 7.11. The van der Waals surface area contributed by atoms with E-state index in [1.54, 1.807) is 18.4 Å². The fourth-order valence-electron chi connectivity index (χ4n) is 3.87. The maximum Gasteiger partial charge on any atom is 0.119 e. The molecule has 2 heterocycles. The van der Waals surface area contributed by atoms with Crippen LogP contribution in [0.15, 0.2) is 66.1 Å². The smallest absolute Gasteiger partial charge is 0.119 e. The second kappa shape index (κ2) is 9.42. The van der Waals surface area contributed by atoms with Crippen molar-refractivity contribution in [1.82, 2.24) is 10.2 Å². The molecule has 1 aliphatic carbocycles. The molecule has 0 saturated carbocycles. The maximum atomic E-state index is 5.77. The number of nitrogens with zero attached hydrogens (tertiary/aromatic N) is 1. The number of aromatic nitrogens is 2. The van der Waals surface area contributed by atoms with Crippen molar-refractivity contribution < 1.29 is 14.2 Å². The molecule has 0 saturated heterocycles. The summed E-state index contributed by atoms with van der Waals surface area (Å²) >= 11 is 1.71. The van der Waals surface area contributed by atoms with Crippen molar-refractivity contribution in [2.75, 3.05) is 26.9 Å². The fourth-order valence-corrected chi connectivity index (χ4v) is 4.68. The number of fused-ring (bicyclic) bond motifs is 3. The van der Waals surface area contributed by atoms with Gasteiger partial charge in [-0.25, -0.2) is 0 Å². The number of H-pyrrole nitrogens is 1. The van der Waals surface area contributed by atoms with Gasteiger partial charge in [-0.2, -0.15) is 5.10 Å². The van der Waals surface area contributed by atoms with Crippen molar-refractivity contribution in [1.29, 1.82) is 0 Å². The van der Waals surface area contributed by atoms with Crippen LogP contribution >= 0.6 is 11.3 Å². The topological polar surface area (TPSA) is 56.4 Å². The zero-order chi connectivity index (χ0) is 21.8. The maximum absolute atomic E-state index is 5.77. The third-order valence-electron chi connectivity index (χ3n) is 5.40. The highest BCUT2D eigenvalue weighted by atomic mass is 32.1. The summed E-state index contributed by atoms with van der Waals surface area (Å²) in [4.78, 5) is 1.18. The van der Waals surface area contributed by atoms with E-state index in [0.29, 0.717) is 19.8 Å². The van der Waals surface area contributed by atoms with Crippen LogP contribution in [0, 0.1) is 0 Å². The van der Waals surface area contributed by atoms with Gasteiger partial charge in [-0.3, -0.25) is 5.10 Å². The van der Waals surface area contributed by atoms with E-state index in [1.807, 2.05) is 42.5 Å². The first-order valence-corrected chi connectivity index (χ1v) is 11.5. The molecule has 0 amide bonds. The molecule has 0 radical (unpaired) electrons. The van der Waals surface area contributed by atoms with Crippen LogP contribution in [0.25, 0.3) is 28.6 Å². The molecule has 1 aliphatic rings. The Morgan fingerprint density at radius 2 is 1.94 bits per heavy atom. The van der Waals surface area contributed by atoms with Crippen LogP contribution < -0.4 is 9.47 Å². The molecule has 32 heavy (non-hydrogen) atoms. The molecule has 0 spiro atoms. The number of methoxy groups -OCH3 is 1. The number of benzene rings is 2. The predicted molar refractivity (Wildman–Crippen MR) is 128 cm³/mol. The van der Waals surface area contributed by atoms with Crippen molar-refractivity contribution >= 4 is 17.4 Å². The average Bonchev–Trinajstić information content (AvgIpc) is 3.53. The van der Waals surface area contributed by atoms with Gasteiger partial charge in [-0.05, 0) is 54.1 Å². The SMILES string of the molecule is COCCOc1ccc2c(c1)Cc1c(-c3csc(C=CCOc4ccccc4)c3)n[nH]c1-2. The second-order valence-corrected chi connectivity index (χ2v) is 8.47. The standard InChI is InChI=1S/C26H24N2O3S/c1-29-12-13-31-21-9-10-23-18(14-21)16-24-25(27-28-26(23)24)19-15-22(32-17-19)8-5-11-30-20-6-3-2-4-7-20/h2-10,14-15,17H,11-13,16H2,1H3,(H,27,28). The molecule has 6 heteroatoms. The van der Waals surface area contributed by atoms with Crippen LogP contribution in [0.1, 0.15) is 16.0 Å². The third-order valence-corrected chi connectivity index (χ3v) is 6.30. The van der Waals surface area contributed by atoms with E-state index in [0.717, 1.165) is 34.9 Å². The number of rotatable bonds is 9. The molecule has 1 N–H and O–H groups in total. The van der Waals surface area contributed by atoms with Crippen molar-refractivity contribution in [3.63, 3.8) is 0 Å². The molecule has 0 bridgehead atoms. The van der Waals surface area contributed by atoms with Crippen LogP contribution in [-0.2, 0) is 11.2 Å². The molecule has 0 fully saturated rings. The first-order valence-electron chi connectivity index (χ1n) is 10.6. The van der Waals surface area contributed by atoms with Crippen LogP contribution in [-0.4, -0.2) is 37.1 Å². The molecule has 4 aromatic rings. The van der Waals surface area contributed by atoms with E-state index in [4.69, 9.17) is 14.2 Å². The lowest BCUT2D eigenvalue weighted by Crippen LogP contribution is -2.04. The number of aromatic amines is 1. The van der Waals surface area contributed by atoms with Gasteiger partial charge < -0.3 is 14.2 Å². The largest absolute Gasteiger partial charge is 0.491 e. The highest BCUT2D eigenvalue weighted by Crippen LogP contribution is 2.42. The van der Waals surface area contributed by atoms with Crippen molar-refractivity contribution in [2.45, 2.75) is 6.42 Å². The Kier molecular flexibility index (Phi) is 6.05. The molecule has 0 atom stereocenters. The Labute approximate surface area is 191 Å². The van der Waals surface area contributed by atoms with Gasteiger partial charge in [0.05, 0.1) is 18.0 Å². The van der Waals surface area contributed by atoms with E-state index in [-0.39, 0.29) is 0 Å². The van der Waals surface area contributed by atoms with Crippen molar-refractivity contribution in [3.05, 3.63) is 82.1 Å². The quantitative estimate of drug-likeness (QED) is 0.291. The average molecular weight is 445 g/mol. The van der Waals surface area contributed by atoms with E-state index < -0.39 is 0 Å². The Bertz CT molecular complexity index is 1230. The number of thiophene rings is 1. The number of ether oxygens (including phenoxy) is 3. The molecule has 5 nitrogen and oxygen atoms in total. The molecular formula is C26H24N2O3S. The minimum atomic E-state index is 0.541. The summed E-state index contributed by atoms with van der Waals surface area (Å²) in [6, 6.07) is 18.3. The van der Waals surface area contributed by atoms with Gasteiger partial charge in [0, 0.05) is 40.5 Å². The van der Waals surface area contributed by atoms with Crippen LogP contribution in [0.4, 0.5) is 0 Å². The van der Waals surface area contributed by atoms with Crippen molar-refractivity contribution in [3.8, 4) is 34.0 Å². The molecule has 2 aromatic carbocycles. The molecule has 162 valence electrons. The van der Waals surface area contributed by atoms with E-state index >= 15 is 0 Å². The molecule has 2 aromatic heterocycles. The summed E-state index contributed by atoms with van der Waals surface area (Å²) in [5.74, 6) is 1.75. The minimum absolute atomic E-state index is 0.541. The predicted octanol–water partition coefficient (Wildman–Crippen LogP) is 5.83. The fraction of sp³-hybridized carbons (Fsp3) is 0.192. The van der Waals surface area contributed by atoms with Crippen LogP contribution in [0.3, 0.4) is 0 Å². The third kappa shape index (κ3) is 4.33. The first-order chi connectivity index (χ1) is 15.8. The van der Waals surface area contributed by atoms with Crippen LogP contribution in [0.5, 0.6) is 11.5 Å². The van der Waals surface area contributed by atoms with E-state index in [9.17, 15) is 0 Å². The number of para-hydroxylation sites is 1. The first kappa shape index (κ1) is 20.5. The Morgan fingerprint density at radius 1 is 1.03 bits per heavy atom. The molecule has 0 unspecified atom stereocenters. The lowest BCUT2D eigenvalue weighted by molar-refractivity contribution is 0.146. The van der Waals surface area contributed by atoms with Gasteiger partial charge in [-0.15, -0.1) is 11.3 Å². The number of nitrogens with one attached hydrogen (secondary N) is 1.